The lowest BCUT2D eigenvalue weighted by molar-refractivity contribution is -0.119. The molecule has 2 aromatic rings. The maximum atomic E-state index is 12.1. The predicted molar refractivity (Wildman–Crippen MR) is 103 cm³/mol. The zero-order chi connectivity index (χ0) is 18.4. The number of aromatic nitrogens is 3. The average molecular weight is 362 g/mol. The van der Waals surface area contributed by atoms with E-state index in [9.17, 15) is 4.79 Å². The first-order valence-corrected chi connectivity index (χ1v) is 9.55. The molecule has 0 fully saturated rings. The van der Waals surface area contributed by atoms with Crippen LogP contribution >= 0.6 is 11.8 Å². The Morgan fingerprint density at radius 3 is 2.52 bits per heavy atom. The molecule has 1 amide bonds. The van der Waals surface area contributed by atoms with Gasteiger partial charge in [0.1, 0.15) is 0 Å². The maximum Gasteiger partial charge on any atom is 0.230 e. The van der Waals surface area contributed by atoms with Gasteiger partial charge in [0.2, 0.25) is 11.1 Å². The smallest absolute Gasteiger partial charge is 0.230 e. The van der Waals surface area contributed by atoms with Gasteiger partial charge < -0.3 is 11.2 Å². The quantitative estimate of drug-likeness (QED) is 0.558. The molecular weight excluding hydrogens is 334 g/mol. The normalized spacial score (nSPS) is 12.4. The Morgan fingerprint density at radius 1 is 1.20 bits per heavy atom. The van der Waals surface area contributed by atoms with Crippen molar-refractivity contribution in [1.82, 2.24) is 20.2 Å². The van der Waals surface area contributed by atoms with Crippen LogP contribution in [0, 0.1) is 12.8 Å². The molecule has 7 heteroatoms. The molecule has 1 atom stereocenters. The number of rotatable bonds is 8. The van der Waals surface area contributed by atoms with Crippen molar-refractivity contribution in [3.05, 3.63) is 29.8 Å². The minimum absolute atomic E-state index is 0.0128. The largest absolute Gasteiger partial charge is 0.353 e. The second-order valence-corrected chi connectivity index (χ2v) is 7.71. The molecule has 0 spiro atoms. The van der Waals surface area contributed by atoms with Crippen LogP contribution in [-0.4, -0.2) is 32.6 Å². The third-order valence-electron chi connectivity index (χ3n) is 3.89. The van der Waals surface area contributed by atoms with Crippen LogP contribution in [0.2, 0.25) is 0 Å². The Labute approximate surface area is 153 Å². The van der Waals surface area contributed by atoms with Crippen LogP contribution in [0.25, 0.3) is 11.4 Å². The summed E-state index contributed by atoms with van der Waals surface area (Å²) in [6, 6.07) is 8.10. The zero-order valence-corrected chi connectivity index (χ0v) is 16.1. The standard InChI is InChI=1S/C18H27N5OS/c1-12(2)5-8-14(4)20-16(24)11-25-18-22-21-17(23(18)19)15-9-6-13(3)7-10-15/h6-7,9-10,12,14H,5,8,11,19H2,1-4H3,(H,20,24)/t14-/m0/s1. The summed E-state index contributed by atoms with van der Waals surface area (Å²) in [7, 11) is 0. The Bertz CT molecular complexity index is 696. The van der Waals surface area contributed by atoms with Crippen LogP contribution < -0.4 is 11.2 Å². The van der Waals surface area contributed by atoms with Gasteiger partial charge in [-0.3, -0.25) is 4.79 Å². The van der Waals surface area contributed by atoms with Gasteiger partial charge in [0, 0.05) is 11.6 Å². The molecule has 1 aromatic carbocycles. The second kappa shape index (κ2) is 8.89. The van der Waals surface area contributed by atoms with E-state index in [2.05, 4.69) is 29.4 Å². The highest BCUT2D eigenvalue weighted by atomic mass is 32.2. The number of thioether (sulfide) groups is 1. The van der Waals surface area contributed by atoms with Crippen molar-refractivity contribution in [2.45, 2.75) is 51.7 Å². The SMILES string of the molecule is Cc1ccc(-c2nnc(SCC(=O)N[C@@H](C)CCC(C)C)n2N)cc1. The van der Waals surface area contributed by atoms with Gasteiger partial charge in [-0.1, -0.05) is 55.4 Å². The third kappa shape index (κ3) is 5.77. The second-order valence-electron chi connectivity index (χ2n) is 6.77. The Hall–Kier alpha value is -2.02. The number of carbonyl (C=O) groups is 1. The molecule has 0 saturated carbocycles. The van der Waals surface area contributed by atoms with E-state index in [-0.39, 0.29) is 17.7 Å². The van der Waals surface area contributed by atoms with Gasteiger partial charge in [-0.2, -0.15) is 0 Å². The zero-order valence-electron chi connectivity index (χ0n) is 15.3. The monoisotopic (exact) mass is 361 g/mol. The van der Waals surface area contributed by atoms with E-state index in [1.54, 1.807) is 0 Å². The van der Waals surface area contributed by atoms with Gasteiger partial charge in [-0.15, -0.1) is 10.2 Å². The molecular formula is C18H27N5OS. The molecule has 2 rings (SSSR count). The average Bonchev–Trinajstić information content (AvgIpc) is 2.92. The number of nitrogens with zero attached hydrogens (tertiary/aromatic N) is 3. The van der Waals surface area contributed by atoms with E-state index < -0.39 is 0 Å². The molecule has 0 aliphatic heterocycles. The van der Waals surface area contributed by atoms with E-state index in [1.165, 1.54) is 22.0 Å². The lowest BCUT2D eigenvalue weighted by atomic mass is 10.0. The van der Waals surface area contributed by atoms with Crippen LogP contribution in [0.1, 0.15) is 39.2 Å². The number of benzene rings is 1. The predicted octanol–water partition coefficient (Wildman–Crippen LogP) is 3.00. The van der Waals surface area contributed by atoms with E-state index in [0.29, 0.717) is 16.9 Å². The van der Waals surface area contributed by atoms with Crippen molar-refractivity contribution in [3.8, 4) is 11.4 Å². The van der Waals surface area contributed by atoms with Crippen LogP contribution in [0.5, 0.6) is 0 Å². The molecule has 0 radical (unpaired) electrons. The number of nitrogens with two attached hydrogens (primary N) is 1. The minimum atomic E-state index is -0.0128. The number of amides is 1. The number of aryl methyl sites for hydroxylation is 1. The van der Waals surface area contributed by atoms with Crippen LogP contribution in [-0.2, 0) is 4.79 Å². The van der Waals surface area contributed by atoms with Crippen molar-refractivity contribution in [2.75, 3.05) is 11.6 Å². The molecule has 0 bridgehead atoms. The van der Waals surface area contributed by atoms with Gasteiger partial charge in [0.05, 0.1) is 5.75 Å². The number of hydrogen-bond donors (Lipinski definition) is 2. The first-order chi connectivity index (χ1) is 11.9. The highest BCUT2D eigenvalue weighted by Gasteiger charge is 2.14. The Kier molecular flexibility index (Phi) is 6.87. The minimum Gasteiger partial charge on any atom is -0.353 e. The summed E-state index contributed by atoms with van der Waals surface area (Å²) in [4.78, 5) is 12.1. The van der Waals surface area contributed by atoms with Gasteiger partial charge in [0.15, 0.2) is 5.82 Å². The fraction of sp³-hybridized carbons (Fsp3) is 0.500. The first-order valence-electron chi connectivity index (χ1n) is 8.56. The third-order valence-corrected chi connectivity index (χ3v) is 4.83. The summed E-state index contributed by atoms with van der Waals surface area (Å²) >= 11 is 1.29. The number of carbonyl (C=O) groups excluding carboxylic acids is 1. The topological polar surface area (TPSA) is 85.8 Å². The fourth-order valence-corrected chi connectivity index (χ4v) is 3.04. The van der Waals surface area contributed by atoms with Gasteiger partial charge in [-0.25, -0.2) is 4.68 Å². The maximum absolute atomic E-state index is 12.1. The molecule has 25 heavy (non-hydrogen) atoms. The van der Waals surface area contributed by atoms with Gasteiger partial charge >= 0.3 is 0 Å². The van der Waals surface area contributed by atoms with Gasteiger partial charge in [-0.05, 0) is 32.6 Å². The Balaban J connectivity index is 1.89. The fourth-order valence-electron chi connectivity index (χ4n) is 2.38. The van der Waals surface area contributed by atoms with Gasteiger partial charge in [0.25, 0.3) is 0 Å². The molecule has 6 nitrogen and oxygen atoms in total. The summed E-state index contributed by atoms with van der Waals surface area (Å²) in [6.45, 7) is 8.43. The number of hydrogen-bond acceptors (Lipinski definition) is 5. The van der Waals surface area contributed by atoms with Crippen LogP contribution in [0.3, 0.4) is 0 Å². The van der Waals surface area contributed by atoms with Crippen molar-refractivity contribution < 1.29 is 4.79 Å². The molecule has 0 unspecified atom stereocenters. The lowest BCUT2D eigenvalue weighted by Gasteiger charge is -2.14. The summed E-state index contributed by atoms with van der Waals surface area (Å²) < 4.78 is 1.44. The molecule has 0 aliphatic rings. The van der Waals surface area contributed by atoms with E-state index in [1.807, 2.05) is 38.1 Å². The van der Waals surface area contributed by atoms with E-state index in [4.69, 9.17) is 5.84 Å². The Morgan fingerprint density at radius 2 is 1.88 bits per heavy atom. The van der Waals surface area contributed by atoms with Crippen LogP contribution in [0.15, 0.2) is 29.4 Å². The number of nitrogens with one attached hydrogen (secondary N) is 1. The number of nitrogen functional groups attached to an aromatic ring is 1. The highest BCUT2D eigenvalue weighted by molar-refractivity contribution is 7.99. The highest BCUT2D eigenvalue weighted by Crippen LogP contribution is 2.21. The van der Waals surface area contributed by atoms with Crippen molar-refractivity contribution >= 4 is 17.7 Å². The summed E-state index contributed by atoms with van der Waals surface area (Å²) in [5.41, 5.74) is 2.07. The summed E-state index contributed by atoms with van der Waals surface area (Å²) in [6.07, 6.45) is 2.09. The van der Waals surface area contributed by atoms with E-state index in [0.717, 1.165) is 18.4 Å². The molecule has 136 valence electrons. The van der Waals surface area contributed by atoms with Crippen molar-refractivity contribution in [2.24, 2.45) is 5.92 Å². The summed E-state index contributed by atoms with van der Waals surface area (Å²) in [5.74, 6) is 7.58. The molecule has 3 N–H and O–H groups in total. The van der Waals surface area contributed by atoms with Crippen LogP contribution in [0.4, 0.5) is 0 Å². The molecule has 1 heterocycles. The first kappa shape index (κ1) is 19.3. The summed E-state index contributed by atoms with van der Waals surface area (Å²) in [5, 5.41) is 11.8. The molecule has 1 aromatic heterocycles. The molecule has 0 aliphatic carbocycles. The lowest BCUT2D eigenvalue weighted by Crippen LogP contribution is -2.34. The van der Waals surface area contributed by atoms with E-state index >= 15 is 0 Å². The molecule has 0 saturated heterocycles. The van der Waals surface area contributed by atoms with Crippen molar-refractivity contribution in [1.29, 1.82) is 0 Å². The van der Waals surface area contributed by atoms with Crippen molar-refractivity contribution in [3.63, 3.8) is 0 Å².